The van der Waals surface area contributed by atoms with E-state index in [1.54, 1.807) is 0 Å². The number of thioether (sulfide) groups is 1. The van der Waals surface area contributed by atoms with Crippen LogP contribution in [0.5, 0.6) is 0 Å². The second kappa shape index (κ2) is 4.31. The Bertz CT molecular complexity index is 594. The van der Waals surface area contributed by atoms with E-state index in [1.807, 2.05) is 0 Å². The molecule has 0 radical (unpaired) electrons. The van der Waals surface area contributed by atoms with Crippen LogP contribution in [-0.4, -0.2) is 23.3 Å². The summed E-state index contributed by atoms with van der Waals surface area (Å²) in [6, 6.07) is 3.93. The van der Waals surface area contributed by atoms with Crippen molar-refractivity contribution in [1.29, 1.82) is 0 Å². The lowest BCUT2D eigenvalue weighted by atomic mass is 9.84. The topological polar surface area (TPSA) is 64.4 Å². The molecule has 3 rings (SSSR count). The van der Waals surface area contributed by atoms with Crippen LogP contribution in [0.25, 0.3) is 0 Å². The lowest BCUT2D eigenvalue weighted by molar-refractivity contribution is 0.257. The summed E-state index contributed by atoms with van der Waals surface area (Å²) in [6.45, 7) is -1.56. The van der Waals surface area contributed by atoms with Crippen molar-refractivity contribution < 1.29 is 13.2 Å². The number of halogens is 3. The van der Waals surface area contributed by atoms with Gasteiger partial charge in [-0.1, -0.05) is 11.8 Å². The average Bonchev–Trinajstić information content (AvgIpc) is 3.16. The number of fused-ring (bicyclic) bond motifs is 1. The van der Waals surface area contributed by atoms with Crippen LogP contribution in [0.2, 0.25) is 0 Å². The number of rotatable bonds is 3. The number of amidine groups is 1. The summed E-state index contributed by atoms with van der Waals surface area (Å²) in [6.07, 6.45) is 0.427. The van der Waals surface area contributed by atoms with Crippen LogP contribution in [0, 0.1) is 11.7 Å². The predicted octanol–water partition coefficient (Wildman–Crippen LogP) is 2.36. The number of anilines is 1. The van der Waals surface area contributed by atoms with Gasteiger partial charge in [0, 0.05) is 17.2 Å². The van der Waals surface area contributed by atoms with Gasteiger partial charge in [0.1, 0.15) is 24.7 Å². The van der Waals surface area contributed by atoms with Gasteiger partial charge in [-0.05, 0) is 24.6 Å². The van der Waals surface area contributed by atoms with Gasteiger partial charge in [-0.3, -0.25) is 0 Å². The second-order valence-electron chi connectivity index (χ2n) is 5.30. The maximum Gasteiger partial charge on any atom is 0.155 e. The Morgan fingerprint density at radius 1 is 1.30 bits per heavy atom. The summed E-state index contributed by atoms with van der Waals surface area (Å²) in [5.74, 6) is -1.00. The van der Waals surface area contributed by atoms with Crippen molar-refractivity contribution in [3.8, 4) is 0 Å². The summed E-state index contributed by atoms with van der Waals surface area (Å²) < 4.78 is 40.4. The van der Waals surface area contributed by atoms with E-state index >= 15 is 0 Å². The number of nitrogen functional groups attached to an aromatic ring is 1. The third-order valence-corrected chi connectivity index (χ3v) is 5.37. The van der Waals surface area contributed by atoms with Gasteiger partial charge in [0.15, 0.2) is 5.17 Å². The standard InChI is InChI=1S/C13H14F3N3S/c14-5-12-4-10(12)13(6-15,19-11(18)20-12)8-3-7(17)1-2-9(8)16/h1-3,10H,4-6,17H2,(H2,18,19)/t10-,12-,13-/m1/s1. The highest BCUT2D eigenvalue weighted by Gasteiger charge is 2.68. The summed E-state index contributed by atoms with van der Waals surface area (Å²) in [7, 11) is 0. The van der Waals surface area contributed by atoms with E-state index in [1.165, 1.54) is 18.2 Å². The van der Waals surface area contributed by atoms with Gasteiger partial charge in [-0.15, -0.1) is 0 Å². The molecule has 2 aliphatic rings. The van der Waals surface area contributed by atoms with Crippen molar-refractivity contribution >= 4 is 22.6 Å². The van der Waals surface area contributed by atoms with E-state index in [2.05, 4.69) is 4.99 Å². The van der Waals surface area contributed by atoms with Crippen LogP contribution in [0.4, 0.5) is 18.9 Å². The second-order valence-corrected chi connectivity index (χ2v) is 6.74. The molecule has 108 valence electrons. The fourth-order valence-corrected chi connectivity index (χ4v) is 4.27. The van der Waals surface area contributed by atoms with E-state index in [0.29, 0.717) is 12.1 Å². The molecule has 1 aliphatic carbocycles. The Morgan fingerprint density at radius 2 is 2.05 bits per heavy atom. The molecule has 0 amide bonds. The Labute approximate surface area is 118 Å². The Balaban J connectivity index is 2.17. The van der Waals surface area contributed by atoms with Crippen molar-refractivity contribution in [1.82, 2.24) is 0 Å². The van der Waals surface area contributed by atoms with E-state index in [9.17, 15) is 13.2 Å². The number of hydrogen-bond donors (Lipinski definition) is 2. The number of nitrogens with two attached hydrogens (primary N) is 2. The van der Waals surface area contributed by atoms with Crippen LogP contribution in [0.15, 0.2) is 23.2 Å². The van der Waals surface area contributed by atoms with Crippen LogP contribution in [0.1, 0.15) is 12.0 Å². The number of alkyl halides is 2. The summed E-state index contributed by atoms with van der Waals surface area (Å²) in [5.41, 5.74) is 10.3. The SMILES string of the molecule is NC1=N[C@](CF)(c2cc(N)ccc2F)[C@@H]2C[C@]2(CF)S1. The summed E-state index contributed by atoms with van der Waals surface area (Å²) >= 11 is 1.12. The van der Waals surface area contributed by atoms with E-state index in [0.717, 1.165) is 11.8 Å². The van der Waals surface area contributed by atoms with Crippen molar-refractivity contribution in [2.75, 3.05) is 19.1 Å². The quantitative estimate of drug-likeness (QED) is 0.842. The molecule has 1 heterocycles. The van der Waals surface area contributed by atoms with Crippen molar-refractivity contribution in [3.63, 3.8) is 0 Å². The van der Waals surface area contributed by atoms with E-state index in [4.69, 9.17) is 11.5 Å². The Hall–Kier alpha value is -1.37. The third kappa shape index (κ3) is 1.72. The molecule has 4 N–H and O–H groups in total. The number of aliphatic imine (C=N–C) groups is 1. The lowest BCUT2D eigenvalue weighted by Crippen LogP contribution is -2.40. The maximum atomic E-state index is 14.1. The van der Waals surface area contributed by atoms with Gasteiger partial charge < -0.3 is 11.5 Å². The van der Waals surface area contributed by atoms with Gasteiger partial charge in [0.2, 0.25) is 0 Å². The predicted molar refractivity (Wildman–Crippen MR) is 74.5 cm³/mol. The molecule has 0 bridgehead atoms. The first-order chi connectivity index (χ1) is 9.47. The first kappa shape index (κ1) is 13.6. The number of nitrogens with zero attached hydrogens (tertiary/aromatic N) is 1. The molecule has 1 aromatic carbocycles. The fourth-order valence-electron chi connectivity index (χ4n) is 3.00. The number of benzene rings is 1. The minimum Gasteiger partial charge on any atom is -0.399 e. The molecular weight excluding hydrogens is 287 g/mol. The number of hydrogen-bond acceptors (Lipinski definition) is 4. The molecular formula is C13H14F3N3S. The molecule has 1 saturated carbocycles. The highest BCUT2D eigenvalue weighted by atomic mass is 32.2. The molecule has 1 aliphatic heterocycles. The zero-order chi connectivity index (χ0) is 14.5. The normalized spacial score (nSPS) is 35.4. The van der Waals surface area contributed by atoms with Crippen molar-refractivity contribution in [2.24, 2.45) is 16.6 Å². The van der Waals surface area contributed by atoms with Gasteiger partial charge in [-0.2, -0.15) is 0 Å². The molecule has 0 saturated heterocycles. The summed E-state index contributed by atoms with van der Waals surface area (Å²) in [4.78, 5) is 4.14. The van der Waals surface area contributed by atoms with Crippen molar-refractivity contribution in [3.05, 3.63) is 29.6 Å². The smallest absolute Gasteiger partial charge is 0.155 e. The molecule has 1 fully saturated rings. The van der Waals surface area contributed by atoms with Crippen molar-refractivity contribution in [2.45, 2.75) is 16.7 Å². The van der Waals surface area contributed by atoms with Gasteiger partial charge in [0.25, 0.3) is 0 Å². The van der Waals surface area contributed by atoms with Gasteiger partial charge in [-0.25, -0.2) is 18.2 Å². The molecule has 3 nitrogen and oxygen atoms in total. The Kier molecular flexibility index (Phi) is 2.93. The molecule has 0 spiro atoms. The average molecular weight is 301 g/mol. The Morgan fingerprint density at radius 3 is 2.70 bits per heavy atom. The molecule has 0 aromatic heterocycles. The minimum absolute atomic E-state index is 0.0589. The van der Waals surface area contributed by atoms with Crippen LogP contribution in [-0.2, 0) is 5.54 Å². The van der Waals surface area contributed by atoms with Gasteiger partial charge in [0.05, 0.1) is 4.75 Å². The van der Waals surface area contributed by atoms with Crippen LogP contribution < -0.4 is 11.5 Å². The molecule has 20 heavy (non-hydrogen) atoms. The van der Waals surface area contributed by atoms with Crippen LogP contribution >= 0.6 is 11.8 Å². The third-order valence-electron chi connectivity index (χ3n) is 4.11. The molecule has 0 unspecified atom stereocenters. The monoisotopic (exact) mass is 301 g/mol. The maximum absolute atomic E-state index is 14.1. The largest absolute Gasteiger partial charge is 0.399 e. The fraction of sp³-hybridized carbons (Fsp3) is 0.462. The van der Waals surface area contributed by atoms with E-state index < -0.39 is 35.4 Å². The highest BCUT2D eigenvalue weighted by molar-refractivity contribution is 8.15. The minimum atomic E-state index is -1.46. The van der Waals surface area contributed by atoms with E-state index in [-0.39, 0.29) is 10.7 Å². The molecule has 7 heteroatoms. The molecule has 1 aromatic rings. The highest BCUT2D eigenvalue weighted by Crippen LogP contribution is 2.66. The zero-order valence-corrected chi connectivity index (χ0v) is 11.4. The zero-order valence-electron chi connectivity index (χ0n) is 10.6. The molecule has 3 atom stereocenters. The van der Waals surface area contributed by atoms with Crippen LogP contribution in [0.3, 0.4) is 0 Å². The van der Waals surface area contributed by atoms with Gasteiger partial charge >= 0.3 is 0 Å². The lowest BCUT2D eigenvalue weighted by Gasteiger charge is -2.34. The first-order valence-electron chi connectivity index (χ1n) is 6.19. The summed E-state index contributed by atoms with van der Waals surface area (Å²) in [5, 5.41) is 0.0934. The first-order valence-corrected chi connectivity index (χ1v) is 7.01.